The summed E-state index contributed by atoms with van der Waals surface area (Å²) in [6.45, 7) is 1.66. The molecule has 0 aromatic rings. The molecule has 1 saturated heterocycles. The Kier molecular flexibility index (Phi) is 5.16. The fourth-order valence-electron chi connectivity index (χ4n) is 8.16. The van der Waals surface area contributed by atoms with Gasteiger partial charge in [0.15, 0.2) is 17.9 Å². The number of fused-ring (bicyclic) bond motifs is 6. The van der Waals surface area contributed by atoms with Crippen LogP contribution in [0.2, 0.25) is 0 Å². The maximum atomic E-state index is 12.6. The van der Waals surface area contributed by atoms with Crippen molar-refractivity contribution in [3.8, 4) is 0 Å². The van der Waals surface area contributed by atoms with Gasteiger partial charge < -0.3 is 20.1 Å². The van der Waals surface area contributed by atoms with E-state index in [9.17, 15) is 29.7 Å². The molecule has 5 aliphatic rings. The first-order chi connectivity index (χ1) is 14.7. The molecule has 4 unspecified atom stereocenters. The number of rotatable bonds is 5. The van der Waals surface area contributed by atoms with Gasteiger partial charge >= 0.3 is 5.97 Å². The molecule has 31 heavy (non-hydrogen) atoms. The van der Waals surface area contributed by atoms with Gasteiger partial charge in [-0.05, 0) is 66.9 Å². The summed E-state index contributed by atoms with van der Waals surface area (Å²) in [6.07, 6.45) is 4.49. The molecule has 1 aliphatic heterocycles. The van der Waals surface area contributed by atoms with Crippen molar-refractivity contribution in [2.45, 2.75) is 63.1 Å². The van der Waals surface area contributed by atoms with Gasteiger partial charge in [0.2, 0.25) is 0 Å². The van der Waals surface area contributed by atoms with Crippen molar-refractivity contribution in [3.05, 3.63) is 11.6 Å². The number of aliphatic hydroxyl groups excluding tert-OH is 2. The summed E-state index contributed by atoms with van der Waals surface area (Å²) in [5.41, 5.74) is 0.0950. The number of carboxylic acids is 1. The number of hydrogen-bond donors (Lipinski definition) is 3. The van der Waals surface area contributed by atoms with Crippen molar-refractivity contribution in [2.75, 3.05) is 12.4 Å². The molecule has 2 bridgehead atoms. The molecule has 0 radical (unpaired) electrons. The Bertz CT molecular complexity index is 855. The van der Waals surface area contributed by atoms with Crippen LogP contribution in [0.4, 0.5) is 0 Å². The molecule has 0 aromatic carbocycles. The Labute approximate surface area is 185 Å². The summed E-state index contributed by atoms with van der Waals surface area (Å²) in [4.78, 5) is 36.2. The molecule has 9 atom stereocenters. The summed E-state index contributed by atoms with van der Waals surface area (Å²) >= 11 is 1.38. The monoisotopic (exact) mass is 450 g/mol. The second kappa shape index (κ2) is 7.40. The molecular formula is C23H30O7S. The van der Waals surface area contributed by atoms with E-state index in [0.717, 1.165) is 18.4 Å². The van der Waals surface area contributed by atoms with Crippen LogP contribution in [0.3, 0.4) is 0 Å². The van der Waals surface area contributed by atoms with E-state index in [2.05, 4.69) is 6.92 Å². The standard InChI is InChI=1S/C23H30O7S/c1-22-5-4-11(25)6-15(22)18(31-10-19(27)28)7-12-13-2-3-14(16(26)9-24)23(13)8-17(20(12)22)30-21(23)29/h6,12-14,17-18,20-21,24,29H,2-5,7-10H2,1H3,(H,27,28)/t12?,13?,14-,17?,18-,20?,21+,22+,23-/m1/s1. The third-order valence-corrected chi connectivity index (χ3v) is 10.5. The number of Topliss-reactive ketones (excluding diaryl/α,β-unsaturated/α-hetero) is 1. The summed E-state index contributed by atoms with van der Waals surface area (Å²) in [7, 11) is 0. The lowest BCUT2D eigenvalue weighted by Gasteiger charge is -2.59. The third-order valence-electron chi connectivity index (χ3n) is 9.19. The van der Waals surface area contributed by atoms with Crippen LogP contribution in [0.15, 0.2) is 11.6 Å². The van der Waals surface area contributed by atoms with Gasteiger partial charge in [0.05, 0.1) is 11.9 Å². The quantitative estimate of drug-likeness (QED) is 0.580. The summed E-state index contributed by atoms with van der Waals surface area (Å²) in [5, 5.41) is 29.8. The molecule has 3 N–H and O–H groups in total. The smallest absolute Gasteiger partial charge is 0.313 e. The minimum atomic E-state index is -1.03. The third kappa shape index (κ3) is 2.94. The van der Waals surface area contributed by atoms with E-state index in [1.807, 2.05) is 0 Å². The Morgan fingerprint density at radius 3 is 2.81 bits per heavy atom. The first-order valence-corrected chi connectivity index (χ1v) is 12.3. The van der Waals surface area contributed by atoms with E-state index in [-0.39, 0.29) is 51.8 Å². The van der Waals surface area contributed by atoms with Crippen LogP contribution >= 0.6 is 11.8 Å². The zero-order valence-corrected chi connectivity index (χ0v) is 18.5. The number of aliphatic hydroxyl groups is 2. The van der Waals surface area contributed by atoms with Gasteiger partial charge in [0, 0.05) is 23.0 Å². The number of ketones is 2. The van der Waals surface area contributed by atoms with Gasteiger partial charge in [-0.2, -0.15) is 0 Å². The van der Waals surface area contributed by atoms with E-state index >= 15 is 0 Å². The van der Waals surface area contributed by atoms with Crippen LogP contribution in [-0.4, -0.2) is 62.9 Å². The first kappa shape index (κ1) is 21.6. The fourth-order valence-corrected chi connectivity index (χ4v) is 9.38. The minimum Gasteiger partial charge on any atom is -0.481 e. The normalized spacial score (nSPS) is 47.9. The summed E-state index contributed by atoms with van der Waals surface area (Å²) in [6, 6.07) is 0. The molecule has 1 spiro atoms. The van der Waals surface area contributed by atoms with Crippen molar-refractivity contribution >= 4 is 29.3 Å². The highest BCUT2D eigenvalue weighted by molar-refractivity contribution is 8.00. The topological polar surface area (TPSA) is 121 Å². The van der Waals surface area contributed by atoms with Crippen LogP contribution < -0.4 is 0 Å². The second-order valence-electron chi connectivity index (χ2n) is 10.3. The molecule has 4 aliphatic carbocycles. The molecule has 170 valence electrons. The number of hydrogen-bond acceptors (Lipinski definition) is 7. The van der Waals surface area contributed by atoms with E-state index < -0.39 is 30.2 Å². The molecule has 7 nitrogen and oxygen atoms in total. The van der Waals surface area contributed by atoms with Gasteiger partial charge in [-0.1, -0.05) is 6.92 Å². The minimum absolute atomic E-state index is 0.0202. The molecule has 0 amide bonds. The average Bonchev–Trinajstić information content (AvgIpc) is 3.25. The molecule has 0 aromatic heterocycles. The van der Waals surface area contributed by atoms with Gasteiger partial charge in [-0.3, -0.25) is 14.4 Å². The van der Waals surface area contributed by atoms with E-state index in [1.54, 1.807) is 6.08 Å². The van der Waals surface area contributed by atoms with Crippen LogP contribution in [0, 0.1) is 34.5 Å². The van der Waals surface area contributed by atoms with E-state index in [1.165, 1.54) is 11.8 Å². The van der Waals surface area contributed by atoms with E-state index in [0.29, 0.717) is 25.7 Å². The Balaban J connectivity index is 1.57. The Hall–Kier alpha value is -1.22. The number of ether oxygens (including phenoxy) is 1. The average molecular weight is 451 g/mol. The number of carbonyl (C=O) groups is 3. The van der Waals surface area contributed by atoms with Crippen LogP contribution in [0.1, 0.15) is 45.4 Å². The number of carbonyl (C=O) groups excluding carboxylic acids is 2. The molecule has 4 fully saturated rings. The highest BCUT2D eigenvalue weighted by Crippen LogP contribution is 2.71. The Morgan fingerprint density at radius 1 is 1.32 bits per heavy atom. The number of thioether (sulfide) groups is 1. The molecule has 1 heterocycles. The van der Waals surface area contributed by atoms with Gasteiger partial charge in [-0.25, -0.2) is 0 Å². The van der Waals surface area contributed by atoms with Crippen LogP contribution in [-0.2, 0) is 19.1 Å². The lowest BCUT2D eigenvalue weighted by atomic mass is 9.46. The second-order valence-corrected chi connectivity index (χ2v) is 11.5. The van der Waals surface area contributed by atoms with E-state index in [4.69, 9.17) is 4.74 Å². The first-order valence-electron chi connectivity index (χ1n) is 11.3. The molecule has 5 rings (SSSR count). The fraction of sp³-hybridized carbons (Fsp3) is 0.783. The largest absolute Gasteiger partial charge is 0.481 e. The molecular weight excluding hydrogens is 420 g/mol. The predicted molar refractivity (Wildman–Crippen MR) is 112 cm³/mol. The summed E-state index contributed by atoms with van der Waals surface area (Å²) in [5.74, 6) is -0.994. The van der Waals surface area contributed by atoms with Crippen molar-refractivity contribution in [1.29, 1.82) is 0 Å². The maximum absolute atomic E-state index is 12.6. The number of carboxylic acid groups (broad SMARTS) is 1. The highest BCUT2D eigenvalue weighted by atomic mass is 32.2. The van der Waals surface area contributed by atoms with Gasteiger partial charge in [0.1, 0.15) is 6.61 Å². The van der Waals surface area contributed by atoms with Crippen LogP contribution in [0.25, 0.3) is 0 Å². The van der Waals surface area contributed by atoms with Crippen molar-refractivity contribution in [3.63, 3.8) is 0 Å². The van der Waals surface area contributed by atoms with Crippen molar-refractivity contribution in [1.82, 2.24) is 0 Å². The van der Waals surface area contributed by atoms with Crippen LogP contribution in [0.5, 0.6) is 0 Å². The lowest BCUT2D eigenvalue weighted by Crippen LogP contribution is -2.57. The molecule has 8 heteroatoms. The van der Waals surface area contributed by atoms with Gasteiger partial charge in [-0.15, -0.1) is 11.8 Å². The predicted octanol–water partition coefficient (Wildman–Crippen LogP) is 1.80. The zero-order valence-electron chi connectivity index (χ0n) is 17.7. The lowest BCUT2D eigenvalue weighted by molar-refractivity contribution is -0.160. The maximum Gasteiger partial charge on any atom is 0.313 e. The number of aliphatic carboxylic acids is 1. The molecule has 3 saturated carbocycles. The van der Waals surface area contributed by atoms with Crippen molar-refractivity contribution < 1.29 is 34.4 Å². The van der Waals surface area contributed by atoms with Gasteiger partial charge in [0.25, 0.3) is 0 Å². The Morgan fingerprint density at radius 2 is 2.10 bits per heavy atom. The summed E-state index contributed by atoms with van der Waals surface area (Å²) < 4.78 is 6.17. The van der Waals surface area contributed by atoms with Crippen molar-refractivity contribution in [2.24, 2.45) is 34.5 Å². The highest BCUT2D eigenvalue weighted by Gasteiger charge is 2.72. The zero-order chi connectivity index (χ0) is 22.1. The SMILES string of the molecule is C[C@]12CCC(=O)C=C1[C@H](SCC(=O)O)CC1C3CC[C@H](C(=O)CO)[C@@]34CC(O[C@@H]4O)C12.